The molecule has 148 valence electrons. The molecule has 7 nitrogen and oxygen atoms in total. The molecular formula is C19H32N2O5. The summed E-state index contributed by atoms with van der Waals surface area (Å²) in [4.78, 5) is 24.3. The Hall–Kier alpha value is -1.34. The van der Waals surface area contributed by atoms with Crippen molar-refractivity contribution in [3.8, 4) is 0 Å². The third-order valence-electron chi connectivity index (χ3n) is 5.23. The van der Waals surface area contributed by atoms with Gasteiger partial charge in [-0.05, 0) is 18.3 Å². The minimum absolute atomic E-state index is 0.00485. The van der Waals surface area contributed by atoms with E-state index in [2.05, 4.69) is 10.6 Å². The van der Waals surface area contributed by atoms with E-state index in [1.165, 1.54) is 6.42 Å². The fraction of sp³-hybridized carbons (Fsp3) is 0.895. The molecule has 2 heterocycles. The Morgan fingerprint density at radius 3 is 2.38 bits per heavy atom. The Labute approximate surface area is 155 Å². The van der Waals surface area contributed by atoms with Crippen LogP contribution in [0.1, 0.15) is 59.3 Å². The van der Waals surface area contributed by atoms with Crippen LogP contribution in [0.5, 0.6) is 0 Å². The third kappa shape index (κ3) is 5.10. The number of alkyl carbamates (subject to hydrolysis) is 1. The number of ether oxygens (including phenoxy) is 3. The summed E-state index contributed by atoms with van der Waals surface area (Å²) in [6.45, 7) is 6.78. The highest BCUT2D eigenvalue weighted by Crippen LogP contribution is 2.29. The van der Waals surface area contributed by atoms with Crippen LogP contribution in [0.15, 0.2) is 0 Å². The van der Waals surface area contributed by atoms with Gasteiger partial charge in [0.15, 0.2) is 6.10 Å². The summed E-state index contributed by atoms with van der Waals surface area (Å²) in [7, 11) is 0. The predicted octanol–water partition coefficient (Wildman–Crippen LogP) is 2.13. The maximum absolute atomic E-state index is 12.2. The molecule has 7 heteroatoms. The van der Waals surface area contributed by atoms with Crippen LogP contribution in [0.4, 0.5) is 4.79 Å². The molecule has 0 radical (unpaired) electrons. The molecule has 1 aliphatic carbocycles. The van der Waals surface area contributed by atoms with Crippen molar-refractivity contribution in [3.05, 3.63) is 0 Å². The number of amides is 2. The van der Waals surface area contributed by atoms with Gasteiger partial charge in [0.25, 0.3) is 0 Å². The van der Waals surface area contributed by atoms with Gasteiger partial charge in [-0.1, -0.05) is 40.0 Å². The summed E-state index contributed by atoms with van der Waals surface area (Å²) >= 11 is 0. The second-order valence-corrected chi connectivity index (χ2v) is 8.93. The third-order valence-corrected chi connectivity index (χ3v) is 5.23. The lowest BCUT2D eigenvalue weighted by Gasteiger charge is -2.24. The van der Waals surface area contributed by atoms with Gasteiger partial charge in [-0.2, -0.15) is 0 Å². The zero-order chi connectivity index (χ0) is 18.7. The second kappa shape index (κ2) is 8.13. The summed E-state index contributed by atoms with van der Waals surface area (Å²) < 4.78 is 17.1. The summed E-state index contributed by atoms with van der Waals surface area (Å²) in [5.41, 5.74) is -0.0671. The number of nitrogens with one attached hydrogen (secondary N) is 2. The van der Waals surface area contributed by atoms with E-state index < -0.39 is 12.2 Å². The Balaban J connectivity index is 1.45. The molecule has 2 saturated heterocycles. The van der Waals surface area contributed by atoms with Crippen LogP contribution in [0.2, 0.25) is 0 Å². The van der Waals surface area contributed by atoms with E-state index in [0.29, 0.717) is 19.6 Å². The standard InChI is InChI=1S/C19H32N2O5/c1-19(2,3)9-15(22)21-13-10-24-17-14(11-25-16(13)17)26-18(23)20-12-7-5-4-6-8-12/h12-14,16-17H,4-11H2,1-3H3,(H,20,23)(H,21,22). The van der Waals surface area contributed by atoms with Crippen molar-refractivity contribution in [2.24, 2.45) is 5.41 Å². The maximum atomic E-state index is 12.2. The molecule has 3 aliphatic rings. The average molecular weight is 368 g/mol. The predicted molar refractivity (Wildman–Crippen MR) is 95.8 cm³/mol. The number of hydrogen-bond donors (Lipinski definition) is 2. The van der Waals surface area contributed by atoms with Gasteiger partial charge in [0.2, 0.25) is 5.91 Å². The summed E-state index contributed by atoms with van der Waals surface area (Å²) in [5.74, 6) is -0.00485. The van der Waals surface area contributed by atoms with Gasteiger partial charge in [0.05, 0.1) is 19.3 Å². The smallest absolute Gasteiger partial charge is 0.407 e. The molecule has 3 fully saturated rings. The first kappa shape index (κ1) is 19.4. The van der Waals surface area contributed by atoms with Crippen molar-refractivity contribution in [1.82, 2.24) is 10.6 Å². The van der Waals surface area contributed by atoms with Gasteiger partial charge in [0.1, 0.15) is 12.2 Å². The van der Waals surface area contributed by atoms with Gasteiger partial charge in [-0.25, -0.2) is 4.79 Å². The summed E-state index contributed by atoms with van der Waals surface area (Å²) in [5, 5.41) is 5.95. The summed E-state index contributed by atoms with van der Waals surface area (Å²) in [6, 6.07) is 0.0214. The topological polar surface area (TPSA) is 85.9 Å². The van der Waals surface area contributed by atoms with Crippen molar-refractivity contribution in [1.29, 1.82) is 0 Å². The Bertz CT molecular complexity index is 513. The molecule has 0 aromatic heterocycles. The SMILES string of the molecule is CC(C)(C)CC(=O)NC1COC2C(OC(=O)NC3CCCCC3)COC12. The van der Waals surface area contributed by atoms with Crippen molar-refractivity contribution >= 4 is 12.0 Å². The zero-order valence-electron chi connectivity index (χ0n) is 16.1. The van der Waals surface area contributed by atoms with E-state index in [0.717, 1.165) is 25.7 Å². The second-order valence-electron chi connectivity index (χ2n) is 8.93. The average Bonchev–Trinajstić information content (AvgIpc) is 3.10. The van der Waals surface area contributed by atoms with E-state index in [1.807, 2.05) is 20.8 Å². The van der Waals surface area contributed by atoms with Crippen LogP contribution in [0.3, 0.4) is 0 Å². The molecule has 2 aliphatic heterocycles. The molecule has 3 rings (SSSR count). The van der Waals surface area contributed by atoms with Crippen LogP contribution >= 0.6 is 0 Å². The van der Waals surface area contributed by atoms with Crippen LogP contribution in [-0.2, 0) is 19.0 Å². The molecule has 1 saturated carbocycles. The highest BCUT2D eigenvalue weighted by molar-refractivity contribution is 5.77. The number of fused-ring (bicyclic) bond motifs is 1. The largest absolute Gasteiger partial charge is 0.441 e. The molecule has 4 atom stereocenters. The highest BCUT2D eigenvalue weighted by atomic mass is 16.6. The van der Waals surface area contributed by atoms with Gasteiger partial charge in [-0.3, -0.25) is 4.79 Å². The van der Waals surface area contributed by atoms with Crippen LogP contribution in [0.25, 0.3) is 0 Å². The fourth-order valence-corrected chi connectivity index (χ4v) is 4.01. The minimum atomic E-state index is -0.423. The van der Waals surface area contributed by atoms with Gasteiger partial charge >= 0.3 is 6.09 Å². The zero-order valence-corrected chi connectivity index (χ0v) is 16.1. The molecular weight excluding hydrogens is 336 g/mol. The molecule has 2 N–H and O–H groups in total. The van der Waals surface area contributed by atoms with Crippen molar-refractivity contribution in [2.45, 2.75) is 89.7 Å². The number of carbonyl (C=O) groups excluding carboxylic acids is 2. The van der Waals surface area contributed by atoms with E-state index in [9.17, 15) is 9.59 Å². The number of hydrogen-bond acceptors (Lipinski definition) is 5. The molecule has 26 heavy (non-hydrogen) atoms. The van der Waals surface area contributed by atoms with Crippen molar-refractivity contribution in [2.75, 3.05) is 13.2 Å². The van der Waals surface area contributed by atoms with Crippen LogP contribution < -0.4 is 10.6 Å². The number of rotatable bonds is 4. The van der Waals surface area contributed by atoms with E-state index in [-0.39, 0.29) is 35.6 Å². The van der Waals surface area contributed by atoms with Crippen molar-refractivity contribution < 1.29 is 23.8 Å². The lowest BCUT2D eigenvalue weighted by atomic mass is 9.91. The highest BCUT2D eigenvalue weighted by Gasteiger charge is 2.50. The lowest BCUT2D eigenvalue weighted by Crippen LogP contribution is -2.45. The first-order valence-corrected chi connectivity index (χ1v) is 9.81. The monoisotopic (exact) mass is 368 g/mol. The van der Waals surface area contributed by atoms with E-state index in [4.69, 9.17) is 14.2 Å². The molecule has 0 aromatic rings. The Morgan fingerprint density at radius 1 is 1.00 bits per heavy atom. The maximum Gasteiger partial charge on any atom is 0.407 e. The summed E-state index contributed by atoms with van der Waals surface area (Å²) in [6.07, 6.45) is 4.64. The Morgan fingerprint density at radius 2 is 1.69 bits per heavy atom. The first-order chi connectivity index (χ1) is 12.3. The first-order valence-electron chi connectivity index (χ1n) is 9.81. The molecule has 0 bridgehead atoms. The molecule has 4 unspecified atom stereocenters. The molecule has 2 amide bonds. The fourth-order valence-electron chi connectivity index (χ4n) is 4.01. The Kier molecular flexibility index (Phi) is 6.07. The molecule has 0 spiro atoms. The molecule has 0 aromatic carbocycles. The number of carbonyl (C=O) groups is 2. The van der Waals surface area contributed by atoms with E-state index in [1.54, 1.807) is 0 Å². The van der Waals surface area contributed by atoms with Gasteiger partial charge in [0, 0.05) is 12.5 Å². The van der Waals surface area contributed by atoms with E-state index >= 15 is 0 Å². The quantitative estimate of drug-likeness (QED) is 0.794. The lowest BCUT2D eigenvalue weighted by molar-refractivity contribution is -0.124. The minimum Gasteiger partial charge on any atom is -0.441 e. The van der Waals surface area contributed by atoms with Crippen LogP contribution in [-0.4, -0.2) is 55.6 Å². The normalized spacial score (nSPS) is 32.1. The van der Waals surface area contributed by atoms with Crippen molar-refractivity contribution in [3.63, 3.8) is 0 Å². The van der Waals surface area contributed by atoms with Gasteiger partial charge in [-0.15, -0.1) is 0 Å². The van der Waals surface area contributed by atoms with Gasteiger partial charge < -0.3 is 24.8 Å². The van der Waals surface area contributed by atoms with Crippen LogP contribution in [0, 0.1) is 5.41 Å².